The van der Waals surface area contributed by atoms with Crippen LogP contribution < -0.4 is 18.9 Å². The van der Waals surface area contributed by atoms with Crippen LogP contribution in [0.25, 0.3) is 22.3 Å². The minimum Gasteiger partial charge on any atom is -0.507 e. The zero-order valence-corrected chi connectivity index (χ0v) is 52.9. The molecule has 8 aliphatic rings. The van der Waals surface area contributed by atoms with Crippen LogP contribution in [0.3, 0.4) is 0 Å². The van der Waals surface area contributed by atoms with Gasteiger partial charge in [0.1, 0.15) is 92.7 Å². The number of hydrogen-bond donors (Lipinski definition) is 11. The van der Waals surface area contributed by atoms with Crippen molar-refractivity contribution in [3.8, 4) is 68.2 Å². The summed E-state index contributed by atoms with van der Waals surface area (Å²) in [6.07, 6.45) is 0.395. The fraction of sp³-hybridized carbons (Fsp3) is 0.463. The lowest BCUT2D eigenvalue weighted by Crippen LogP contribution is -2.58. The van der Waals surface area contributed by atoms with Gasteiger partial charge in [-0.15, -0.1) is 0 Å². The fourth-order valence-electron chi connectivity index (χ4n) is 13.9. The van der Waals surface area contributed by atoms with E-state index in [1.54, 1.807) is 79.7 Å². The Morgan fingerprint density at radius 1 is 0.344 bits per heavy atom. The average molecular weight is 1250 g/mol. The minimum absolute atomic E-state index is 0.00504. The van der Waals surface area contributed by atoms with E-state index in [-0.39, 0.29) is 116 Å². The van der Waals surface area contributed by atoms with Crippen molar-refractivity contribution >= 4 is 23.1 Å². The van der Waals surface area contributed by atoms with Gasteiger partial charge in [-0.25, -0.2) is 0 Å². The summed E-state index contributed by atoms with van der Waals surface area (Å²) >= 11 is 0. The molecule has 12 rings (SSSR count). The van der Waals surface area contributed by atoms with E-state index in [0.717, 1.165) is 21.3 Å². The van der Waals surface area contributed by atoms with E-state index in [2.05, 4.69) is 0 Å². The molecule has 4 aliphatic carbocycles. The van der Waals surface area contributed by atoms with Crippen LogP contribution in [-0.2, 0) is 18.9 Å². The van der Waals surface area contributed by atoms with Crippen LogP contribution in [0, 0.1) is 27.7 Å². The van der Waals surface area contributed by atoms with Crippen molar-refractivity contribution < 1.29 is 113 Å². The Hall–Kier alpha value is -7.52. The van der Waals surface area contributed by atoms with Crippen molar-refractivity contribution in [3.63, 3.8) is 0 Å². The number of methoxy groups -OCH3 is 4. The molecule has 4 aliphatic heterocycles. The molecule has 90 heavy (non-hydrogen) atoms. The van der Waals surface area contributed by atoms with Crippen LogP contribution in [-0.4, -0.2) is 200 Å². The number of aryl methyl sites for hydroxylation is 4. The highest BCUT2D eigenvalue weighted by atomic mass is 16.6. The van der Waals surface area contributed by atoms with Crippen LogP contribution >= 0.6 is 0 Å². The van der Waals surface area contributed by atoms with E-state index < -0.39 is 94.4 Å². The number of carbonyl (C=O) groups is 4. The third-order valence-electron chi connectivity index (χ3n) is 18.7. The molecule has 0 fully saturated rings. The lowest BCUT2D eigenvalue weighted by molar-refractivity contribution is -0.103. The summed E-state index contributed by atoms with van der Waals surface area (Å²) in [7, 11) is 8.86. The Kier molecular flexibility index (Phi) is 19.2. The molecule has 0 unspecified atom stereocenters. The predicted molar refractivity (Wildman–Crippen MR) is 325 cm³/mol. The molecule has 12 atom stereocenters. The number of ketones is 4. The van der Waals surface area contributed by atoms with Crippen LogP contribution in [0.1, 0.15) is 117 Å². The number of aromatic hydroxyl groups is 4. The van der Waals surface area contributed by atoms with Crippen molar-refractivity contribution in [1.29, 1.82) is 0 Å². The summed E-state index contributed by atoms with van der Waals surface area (Å²) in [5, 5.41) is 110. The maximum Gasteiger partial charge on any atom is 0.200 e. The first-order valence-corrected chi connectivity index (χ1v) is 29.0. The number of rotatable bonds is 6. The van der Waals surface area contributed by atoms with E-state index in [9.17, 15) is 60.0 Å². The average Bonchev–Trinajstić information content (AvgIpc) is 0.797. The number of aliphatic hydroxyl groups excluding tert-OH is 7. The van der Waals surface area contributed by atoms with Gasteiger partial charge in [0.25, 0.3) is 0 Å². The quantitative estimate of drug-likeness (QED) is 0.109. The van der Waals surface area contributed by atoms with E-state index in [1.165, 1.54) is 52.7 Å². The first kappa shape index (κ1) is 68.4. The molecule has 4 aromatic carbocycles. The highest BCUT2D eigenvalue weighted by molar-refractivity contribution is 6.20. The van der Waals surface area contributed by atoms with Gasteiger partial charge in [0, 0.05) is 94.3 Å². The number of ether oxygens (including phenoxy) is 8. The van der Waals surface area contributed by atoms with Crippen LogP contribution in [0.2, 0.25) is 0 Å². The summed E-state index contributed by atoms with van der Waals surface area (Å²) in [6, 6.07) is 5.73. The van der Waals surface area contributed by atoms with Crippen LogP contribution in [0.15, 0.2) is 70.9 Å². The smallest absolute Gasteiger partial charge is 0.200 e. The standard InChI is InChI=1S/2C32H34O10.3CH4O/c2*1-13-11-17(33)23-25(35)15-7-9-19(39-5)29(37)31(15,3)41-27(23)21(13)22-14(2)12-18(34)24-26(36)16-8-10-20(40-6)30(38)32(16,4)42-28(22)24;3*1-2/h2*7-8,11-12,19-20,29-30,33-34,37-38H,9-10H2,1-6H3;3*2H,1H3/t2*19-,20-,29+,30+,31+,32+;;;/m00.../s1. The van der Waals surface area contributed by atoms with E-state index in [4.69, 9.17) is 53.2 Å². The second-order valence-corrected chi connectivity index (χ2v) is 23.6. The summed E-state index contributed by atoms with van der Waals surface area (Å²) in [4.78, 5) is 55.6. The second kappa shape index (κ2) is 25.3. The Morgan fingerprint density at radius 3 is 0.667 bits per heavy atom. The minimum atomic E-state index is -1.51. The number of aliphatic hydroxyl groups is 7. The lowest BCUT2D eigenvalue weighted by Gasteiger charge is -2.47. The van der Waals surface area contributed by atoms with Crippen molar-refractivity contribution in [2.24, 2.45) is 0 Å². The van der Waals surface area contributed by atoms with Gasteiger partial charge >= 0.3 is 0 Å². The Labute approximate surface area is 520 Å². The van der Waals surface area contributed by atoms with E-state index in [1.807, 2.05) is 0 Å². The molecule has 23 nitrogen and oxygen atoms in total. The number of fused-ring (bicyclic) bond motifs is 8. The summed E-state index contributed by atoms with van der Waals surface area (Å²) in [5.74, 6) is -3.19. The number of carbonyl (C=O) groups excluding carboxylic acids is 4. The Balaban J connectivity index is 0.000000215. The molecular formula is C67H80O23. The van der Waals surface area contributed by atoms with Gasteiger partial charge in [0.2, 0.25) is 0 Å². The van der Waals surface area contributed by atoms with Gasteiger partial charge in [0.05, 0.1) is 24.4 Å². The number of hydrogen-bond acceptors (Lipinski definition) is 23. The SMILES string of the molecule is CO.CO.CO.CO[C@H]1CC=C2C(=O)c3c(O)cc(C)c(-c4c(C)cc(O)c5c4O[C@]4(C)C(=CC[C@H](OC)[C@H]4O)C5=O)c3O[C@@]2(C)[C@@H]1O.CO[C@H]1CC=C2C(=O)c3c(O)cc(C)c(-c4c(C)cc(O)c5c4O[C@]4(C)C(=CC[C@H](OC)[C@H]4O)C5=O)c3O[C@@]2(C)[C@@H]1O. The van der Waals surface area contributed by atoms with Gasteiger partial charge in [-0.3, -0.25) is 19.2 Å². The van der Waals surface area contributed by atoms with Gasteiger partial charge in [0.15, 0.2) is 45.5 Å². The monoisotopic (exact) mass is 1250 g/mol. The van der Waals surface area contributed by atoms with Gasteiger partial charge in [-0.1, -0.05) is 24.3 Å². The molecule has 4 aromatic rings. The van der Waals surface area contributed by atoms with Crippen LogP contribution in [0.4, 0.5) is 0 Å². The highest BCUT2D eigenvalue weighted by Gasteiger charge is 2.58. The zero-order valence-electron chi connectivity index (χ0n) is 52.9. The molecular weight excluding hydrogens is 1170 g/mol. The van der Waals surface area contributed by atoms with Crippen molar-refractivity contribution in [1.82, 2.24) is 0 Å². The first-order chi connectivity index (χ1) is 42.6. The molecule has 0 saturated heterocycles. The largest absolute Gasteiger partial charge is 0.507 e. The molecule has 0 bridgehead atoms. The van der Waals surface area contributed by atoms with E-state index >= 15 is 0 Å². The number of benzene rings is 4. The number of phenols is 4. The third-order valence-corrected chi connectivity index (χ3v) is 18.7. The normalized spacial score (nSPS) is 29.6. The fourth-order valence-corrected chi connectivity index (χ4v) is 13.9. The van der Waals surface area contributed by atoms with Gasteiger partial charge in [-0.2, -0.15) is 0 Å². The summed E-state index contributed by atoms with van der Waals surface area (Å²) in [6.45, 7) is 13.2. The number of Topliss-reactive ketones (excluding diaryl/α,β-unsaturated/α-hetero) is 4. The summed E-state index contributed by atoms with van der Waals surface area (Å²) in [5.41, 5.74) is -2.25. The molecule has 0 saturated carbocycles. The molecule has 11 N–H and O–H groups in total. The van der Waals surface area contributed by atoms with Gasteiger partial charge in [-0.05, 0) is 128 Å². The predicted octanol–water partition coefficient (Wildman–Crippen LogP) is 5.75. The molecule has 0 radical (unpaired) electrons. The van der Waals surface area contributed by atoms with Crippen molar-refractivity contribution in [2.75, 3.05) is 49.8 Å². The van der Waals surface area contributed by atoms with Crippen molar-refractivity contribution in [2.45, 2.75) is 152 Å². The van der Waals surface area contributed by atoms with E-state index in [0.29, 0.717) is 44.5 Å². The molecule has 486 valence electrons. The maximum atomic E-state index is 13.9. The maximum absolute atomic E-state index is 13.9. The Morgan fingerprint density at radius 2 is 0.511 bits per heavy atom. The third kappa shape index (κ3) is 10.1. The number of phenolic OH excluding ortho intramolecular Hbond substituents is 4. The molecule has 23 heteroatoms. The molecule has 4 heterocycles. The Bertz CT molecular complexity index is 3250. The topological polar surface area (TPSA) is 365 Å². The second-order valence-electron chi connectivity index (χ2n) is 23.6. The molecule has 0 amide bonds. The molecule has 0 spiro atoms. The zero-order chi connectivity index (χ0) is 66.9. The van der Waals surface area contributed by atoms with Crippen LogP contribution in [0.5, 0.6) is 46.0 Å². The summed E-state index contributed by atoms with van der Waals surface area (Å²) < 4.78 is 47.9. The first-order valence-electron chi connectivity index (χ1n) is 29.0. The van der Waals surface area contributed by atoms with Gasteiger partial charge < -0.3 is 94.1 Å². The lowest BCUT2D eigenvalue weighted by atomic mass is 9.73. The highest BCUT2D eigenvalue weighted by Crippen LogP contribution is 2.59. The molecule has 0 aromatic heterocycles. The van der Waals surface area contributed by atoms with Crippen molar-refractivity contribution in [3.05, 3.63) is 115 Å².